The van der Waals surface area contributed by atoms with Crippen LogP contribution in [0.4, 0.5) is 4.39 Å². The van der Waals surface area contributed by atoms with Gasteiger partial charge in [-0.3, -0.25) is 14.5 Å². The van der Waals surface area contributed by atoms with Crippen molar-refractivity contribution in [2.24, 2.45) is 16.6 Å². The van der Waals surface area contributed by atoms with E-state index in [0.29, 0.717) is 22.9 Å². The lowest BCUT2D eigenvalue weighted by molar-refractivity contribution is -0.129. The summed E-state index contributed by atoms with van der Waals surface area (Å²) in [5.74, 6) is -0.184. The van der Waals surface area contributed by atoms with Crippen molar-refractivity contribution in [3.05, 3.63) is 51.7 Å². The number of nitrogens with one attached hydrogen (secondary N) is 1. The number of rotatable bonds is 7. The van der Waals surface area contributed by atoms with E-state index in [0.717, 1.165) is 6.42 Å². The van der Waals surface area contributed by atoms with E-state index in [9.17, 15) is 14.0 Å². The summed E-state index contributed by atoms with van der Waals surface area (Å²) >= 11 is 1.28. The minimum atomic E-state index is -0.373. The molecule has 1 aromatic heterocycles. The number of benzene rings is 1. The second kappa shape index (κ2) is 9.34. The van der Waals surface area contributed by atoms with Crippen LogP contribution < -0.4 is 11.1 Å². The van der Waals surface area contributed by atoms with E-state index in [-0.39, 0.29) is 47.9 Å². The Bertz CT molecular complexity index is 958. The standard InChI is InChI=1S/C21H26FN5O2S/c1-12(2)7-16-9-19(28)27(21(23)25-16)10-18-26-17(11-30-18)20(29)24-13(3)14-5-4-6-15(22)8-14/h4-6,8,11-13,16H,7,9-10H2,1-3H3,(H2,23,25)(H,24,29). The smallest absolute Gasteiger partial charge is 0.271 e. The molecule has 0 spiro atoms. The number of nitrogens with two attached hydrogens (primary N) is 1. The number of thiazole rings is 1. The van der Waals surface area contributed by atoms with Crippen molar-refractivity contribution >= 4 is 29.1 Å². The van der Waals surface area contributed by atoms with E-state index < -0.39 is 0 Å². The van der Waals surface area contributed by atoms with Gasteiger partial charge in [-0.2, -0.15) is 0 Å². The Morgan fingerprint density at radius 2 is 2.17 bits per heavy atom. The van der Waals surface area contributed by atoms with Gasteiger partial charge in [-0.15, -0.1) is 11.3 Å². The number of hydrogen-bond acceptors (Lipinski definition) is 6. The van der Waals surface area contributed by atoms with Crippen LogP contribution in [-0.4, -0.2) is 33.7 Å². The van der Waals surface area contributed by atoms with Crippen LogP contribution >= 0.6 is 11.3 Å². The predicted octanol–water partition coefficient (Wildman–Crippen LogP) is 3.23. The summed E-state index contributed by atoms with van der Waals surface area (Å²) in [5.41, 5.74) is 6.93. The molecule has 3 rings (SSSR count). The van der Waals surface area contributed by atoms with E-state index >= 15 is 0 Å². The van der Waals surface area contributed by atoms with Gasteiger partial charge in [0.25, 0.3) is 5.91 Å². The van der Waals surface area contributed by atoms with Crippen molar-refractivity contribution in [1.82, 2.24) is 15.2 Å². The summed E-state index contributed by atoms with van der Waals surface area (Å²) in [6.45, 7) is 6.12. The molecule has 2 atom stereocenters. The molecule has 0 aliphatic carbocycles. The largest absolute Gasteiger partial charge is 0.369 e. The fourth-order valence-electron chi connectivity index (χ4n) is 3.34. The average Bonchev–Trinajstić information content (AvgIpc) is 3.13. The Kier molecular flexibility index (Phi) is 6.81. The van der Waals surface area contributed by atoms with E-state index in [1.807, 2.05) is 0 Å². The molecule has 7 nitrogen and oxygen atoms in total. The molecule has 0 saturated carbocycles. The van der Waals surface area contributed by atoms with Crippen LogP contribution in [0.5, 0.6) is 0 Å². The van der Waals surface area contributed by atoms with Gasteiger partial charge >= 0.3 is 0 Å². The van der Waals surface area contributed by atoms with Gasteiger partial charge < -0.3 is 11.1 Å². The van der Waals surface area contributed by atoms with Crippen LogP contribution in [0.3, 0.4) is 0 Å². The maximum Gasteiger partial charge on any atom is 0.271 e. The molecule has 0 radical (unpaired) electrons. The molecule has 160 valence electrons. The molecular weight excluding hydrogens is 405 g/mol. The van der Waals surface area contributed by atoms with Gasteiger partial charge in [-0.25, -0.2) is 14.4 Å². The van der Waals surface area contributed by atoms with Crippen molar-refractivity contribution in [2.45, 2.75) is 52.2 Å². The lowest BCUT2D eigenvalue weighted by Gasteiger charge is -2.28. The molecule has 0 saturated heterocycles. The first-order chi connectivity index (χ1) is 14.2. The highest BCUT2D eigenvalue weighted by atomic mass is 32.1. The van der Waals surface area contributed by atoms with Crippen LogP contribution in [0.1, 0.15) is 60.7 Å². The van der Waals surface area contributed by atoms with Gasteiger partial charge in [0.15, 0.2) is 5.96 Å². The molecule has 3 N–H and O–H groups in total. The van der Waals surface area contributed by atoms with E-state index in [1.165, 1.54) is 28.4 Å². The van der Waals surface area contributed by atoms with Crippen molar-refractivity contribution in [1.29, 1.82) is 0 Å². The normalized spacial score (nSPS) is 17.8. The number of nitrogens with zero attached hydrogens (tertiary/aromatic N) is 3. The fourth-order valence-corrected chi connectivity index (χ4v) is 4.11. The third-order valence-corrected chi connectivity index (χ3v) is 5.65. The number of aliphatic imine (C=N–C) groups is 1. The van der Waals surface area contributed by atoms with E-state index in [4.69, 9.17) is 5.73 Å². The molecular formula is C21H26FN5O2S. The van der Waals surface area contributed by atoms with Gasteiger partial charge in [-0.1, -0.05) is 26.0 Å². The molecule has 2 unspecified atom stereocenters. The molecule has 2 heterocycles. The monoisotopic (exact) mass is 431 g/mol. The number of amides is 2. The third kappa shape index (κ3) is 5.41. The highest BCUT2D eigenvalue weighted by molar-refractivity contribution is 7.09. The Hall–Kier alpha value is -2.81. The molecule has 2 amide bonds. The van der Waals surface area contributed by atoms with Crippen LogP contribution in [0.15, 0.2) is 34.6 Å². The number of hydrogen-bond donors (Lipinski definition) is 2. The number of aromatic nitrogens is 1. The average molecular weight is 432 g/mol. The Labute approximate surface area is 179 Å². The minimum Gasteiger partial charge on any atom is -0.369 e. The SMILES string of the molecule is CC(C)CC1CC(=O)N(Cc2nc(C(=O)NC(C)c3cccc(F)c3)cs2)C(N)=N1. The second-order valence-electron chi connectivity index (χ2n) is 7.83. The van der Waals surface area contributed by atoms with Crippen LogP contribution in [0, 0.1) is 11.7 Å². The Morgan fingerprint density at radius 3 is 2.83 bits per heavy atom. The minimum absolute atomic E-state index is 0.0873. The maximum absolute atomic E-state index is 13.4. The molecule has 2 aromatic rings. The molecule has 1 aliphatic heterocycles. The first-order valence-corrected chi connectivity index (χ1v) is 10.7. The van der Waals surface area contributed by atoms with Crippen molar-refractivity contribution in [3.63, 3.8) is 0 Å². The van der Waals surface area contributed by atoms with E-state index in [2.05, 4.69) is 29.1 Å². The summed E-state index contributed by atoms with van der Waals surface area (Å²) in [6.07, 6.45) is 1.13. The van der Waals surface area contributed by atoms with Crippen LogP contribution in [0.2, 0.25) is 0 Å². The zero-order valence-corrected chi connectivity index (χ0v) is 18.1. The van der Waals surface area contributed by atoms with Crippen molar-refractivity contribution < 1.29 is 14.0 Å². The second-order valence-corrected chi connectivity index (χ2v) is 8.77. The molecule has 30 heavy (non-hydrogen) atoms. The maximum atomic E-state index is 13.4. The number of halogens is 1. The van der Waals surface area contributed by atoms with Gasteiger partial charge in [0.05, 0.1) is 18.6 Å². The van der Waals surface area contributed by atoms with Gasteiger partial charge in [0.2, 0.25) is 5.91 Å². The Balaban J connectivity index is 1.63. The summed E-state index contributed by atoms with van der Waals surface area (Å²) in [7, 11) is 0. The summed E-state index contributed by atoms with van der Waals surface area (Å²) in [6, 6.07) is 5.62. The lowest BCUT2D eigenvalue weighted by atomic mass is 10.0. The number of guanidine groups is 1. The molecule has 1 aliphatic rings. The van der Waals surface area contributed by atoms with Crippen molar-refractivity contribution in [3.8, 4) is 0 Å². The summed E-state index contributed by atoms with van der Waals surface area (Å²) in [5, 5.41) is 5.03. The van der Waals surface area contributed by atoms with Gasteiger partial charge in [-0.05, 0) is 37.0 Å². The quantitative estimate of drug-likeness (QED) is 0.703. The third-order valence-electron chi connectivity index (χ3n) is 4.82. The van der Waals surface area contributed by atoms with Gasteiger partial charge in [0, 0.05) is 11.8 Å². The molecule has 0 fully saturated rings. The first-order valence-electron chi connectivity index (χ1n) is 9.87. The van der Waals surface area contributed by atoms with E-state index in [1.54, 1.807) is 24.4 Å². The highest BCUT2D eigenvalue weighted by Gasteiger charge is 2.28. The first kappa shape index (κ1) is 21.9. The zero-order chi connectivity index (χ0) is 21.8. The topological polar surface area (TPSA) is 101 Å². The number of carbonyl (C=O) groups is 2. The summed E-state index contributed by atoms with van der Waals surface area (Å²) < 4.78 is 13.4. The van der Waals surface area contributed by atoms with Crippen molar-refractivity contribution in [2.75, 3.05) is 0 Å². The Morgan fingerprint density at radius 1 is 1.40 bits per heavy atom. The fraction of sp³-hybridized carbons (Fsp3) is 0.429. The zero-order valence-electron chi connectivity index (χ0n) is 17.3. The van der Waals surface area contributed by atoms with Crippen LogP contribution in [0.25, 0.3) is 0 Å². The molecule has 9 heteroatoms. The van der Waals surface area contributed by atoms with Crippen LogP contribution in [-0.2, 0) is 11.3 Å². The molecule has 0 bridgehead atoms. The summed E-state index contributed by atoms with van der Waals surface area (Å²) in [4.78, 5) is 35.2. The number of carbonyl (C=O) groups excluding carboxylic acids is 2. The lowest BCUT2D eigenvalue weighted by Crippen LogP contribution is -2.46. The van der Waals surface area contributed by atoms with Gasteiger partial charge in [0.1, 0.15) is 16.5 Å². The predicted molar refractivity (Wildman–Crippen MR) is 114 cm³/mol. The molecule has 1 aromatic carbocycles. The highest BCUT2D eigenvalue weighted by Crippen LogP contribution is 2.21.